The summed E-state index contributed by atoms with van der Waals surface area (Å²) in [6.07, 6.45) is 0. The second-order valence-electron chi connectivity index (χ2n) is 2.29. The lowest BCUT2D eigenvalue weighted by Gasteiger charge is -1.93. The van der Waals surface area contributed by atoms with Crippen molar-refractivity contribution in [2.75, 3.05) is 0 Å². The van der Waals surface area contributed by atoms with Crippen LogP contribution in [-0.2, 0) is 0 Å². The van der Waals surface area contributed by atoms with E-state index in [1.54, 1.807) is 10.3 Å². The monoisotopic (exact) mass is 224 g/mol. The molecule has 4 heteroatoms. The van der Waals surface area contributed by atoms with Crippen LogP contribution in [0.2, 0.25) is 0 Å². The van der Waals surface area contributed by atoms with E-state index >= 15 is 0 Å². The molecule has 0 heterocycles. The van der Waals surface area contributed by atoms with Gasteiger partial charge in [-0.05, 0) is 49.4 Å². The summed E-state index contributed by atoms with van der Waals surface area (Å²) in [7, 11) is 0. The Morgan fingerprint density at radius 1 is 0.929 bits per heavy atom. The van der Waals surface area contributed by atoms with Crippen LogP contribution in [0.25, 0.3) is 0 Å². The molecule has 0 aliphatic rings. The Labute approximate surface area is 95.0 Å². The number of aryl methyl sites for hydroxylation is 2. The molecule has 0 aromatic heterocycles. The van der Waals surface area contributed by atoms with Gasteiger partial charge in [0.2, 0.25) is 0 Å². The van der Waals surface area contributed by atoms with Crippen molar-refractivity contribution >= 4 is 34.8 Å². The minimum Gasteiger partial charge on any atom is -0.248 e. The molecule has 0 atom stereocenters. The maximum absolute atomic E-state index is 5.77. The van der Waals surface area contributed by atoms with E-state index in [4.69, 9.17) is 10.8 Å². The Hall–Kier alpha value is -1.18. The Kier molecular flexibility index (Phi) is 12.9. The zero-order valence-electron chi connectivity index (χ0n) is 8.13. The zero-order valence-corrected chi connectivity index (χ0v) is 9.76. The van der Waals surface area contributed by atoms with Gasteiger partial charge >= 0.3 is 0 Å². The number of benzene rings is 1. The van der Waals surface area contributed by atoms with Gasteiger partial charge in [-0.2, -0.15) is 0 Å². The molecule has 0 aliphatic carbocycles. The van der Waals surface area contributed by atoms with Crippen molar-refractivity contribution in [3.63, 3.8) is 0 Å². The average molecular weight is 224 g/mol. The molecule has 0 amide bonds. The van der Waals surface area contributed by atoms with Crippen LogP contribution in [0.3, 0.4) is 0 Å². The van der Waals surface area contributed by atoms with Crippen LogP contribution < -0.4 is 0 Å². The van der Waals surface area contributed by atoms with E-state index in [0.717, 1.165) is 0 Å². The molecular formula is C10H12N2S2. The molecule has 0 saturated carbocycles. The quantitative estimate of drug-likeness (QED) is 0.522. The fourth-order valence-electron chi connectivity index (χ4n) is 0.663. The number of isothiocyanates is 2. The van der Waals surface area contributed by atoms with Gasteiger partial charge in [0.1, 0.15) is 0 Å². The molecule has 0 unspecified atom stereocenters. The Morgan fingerprint density at radius 3 is 1.29 bits per heavy atom. The predicted octanol–water partition coefficient (Wildman–Crippen LogP) is 3.64. The topological polar surface area (TPSA) is 47.7 Å². The summed E-state index contributed by atoms with van der Waals surface area (Å²) in [5, 5.41) is 14.7. The molecule has 0 radical (unpaired) electrons. The lowest BCUT2D eigenvalue weighted by molar-refractivity contribution is 1.34. The number of thiocarbonyl (C=S) groups is 2. The summed E-state index contributed by atoms with van der Waals surface area (Å²) < 4.78 is 0. The van der Waals surface area contributed by atoms with E-state index in [9.17, 15) is 0 Å². The van der Waals surface area contributed by atoms with Gasteiger partial charge in [-0.15, -0.1) is 0 Å². The lowest BCUT2D eigenvalue weighted by atomic mass is 10.1. The van der Waals surface area contributed by atoms with Crippen LogP contribution in [0.15, 0.2) is 24.3 Å². The van der Waals surface area contributed by atoms with Crippen LogP contribution in [-0.4, -0.2) is 10.3 Å². The van der Waals surface area contributed by atoms with Crippen molar-refractivity contribution in [3.8, 4) is 0 Å². The molecule has 0 spiro atoms. The second kappa shape index (κ2) is 11.8. The standard InChI is InChI=1S/C8H10.2CHNS/c1-7-5-3-4-6-8(7)2;2*2-1-3/h3-6H,1-2H3;2*2H. The van der Waals surface area contributed by atoms with Crippen molar-refractivity contribution < 1.29 is 0 Å². The number of rotatable bonds is 0. The Morgan fingerprint density at radius 2 is 1.14 bits per heavy atom. The van der Waals surface area contributed by atoms with Crippen LogP contribution in [0.5, 0.6) is 0 Å². The van der Waals surface area contributed by atoms with Gasteiger partial charge in [0, 0.05) is 0 Å². The van der Waals surface area contributed by atoms with Crippen molar-refractivity contribution in [3.05, 3.63) is 35.4 Å². The smallest absolute Gasteiger partial charge is 0.0554 e. The van der Waals surface area contributed by atoms with Gasteiger partial charge < -0.3 is 0 Å². The van der Waals surface area contributed by atoms with E-state index in [-0.39, 0.29) is 0 Å². The fourth-order valence-corrected chi connectivity index (χ4v) is 0.663. The van der Waals surface area contributed by atoms with E-state index in [0.29, 0.717) is 0 Å². The van der Waals surface area contributed by atoms with Crippen molar-refractivity contribution in [2.24, 2.45) is 0 Å². The van der Waals surface area contributed by atoms with Gasteiger partial charge in [0.15, 0.2) is 0 Å². The van der Waals surface area contributed by atoms with E-state index in [1.807, 2.05) is 0 Å². The summed E-state index contributed by atoms with van der Waals surface area (Å²) in [6.45, 7) is 4.24. The molecule has 1 rings (SSSR count). The van der Waals surface area contributed by atoms with Crippen LogP contribution in [0.1, 0.15) is 11.1 Å². The van der Waals surface area contributed by atoms with Crippen molar-refractivity contribution in [1.29, 1.82) is 10.8 Å². The molecule has 0 saturated heterocycles. The molecule has 2 nitrogen and oxygen atoms in total. The molecule has 0 aliphatic heterocycles. The molecule has 0 bridgehead atoms. The largest absolute Gasteiger partial charge is 0.248 e. The summed E-state index contributed by atoms with van der Waals surface area (Å²) in [6, 6.07) is 8.36. The number of hydrogen-bond donors (Lipinski definition) is 2. The van der Waals surface area contributed by atoms with Gasteiger partial charge in [0.25, 0.3) is 0 Å². The van der Waals surface area contributed by atoms with Crippen LogP contribution >= 0.6 is 24.4 Å². The van der Waals surface area contributed by atoms with E-state index < -0.39 is 0 Å². The first-order valence-corrected chi connectivity index (χ1v) is 4.55. The van der Waals surface area contributed by atoms with E-state index in [2.05, 4.69) is 62.5 Å². The van der Waals surface area contributed by atoms with Gasteiger partial charge in [-0.1, -0.05) is 24.3 Å². The SMILES string of the molecule is Cc1ccccc1C.N=C=S.N=C=S. The molecule has 1 aromatic rings. The highest BCUT2D eigenvalue weighted by Crippen LogP contribution is 2.02. The summed E-state index contributed by atoms with van der Waals surface area (Å²) in [5.74, 6) is 0. The highest BCUT2D eigenvalue weighted by Gasteiger charge is 1.83. The van der Waals surface area contributed by atoms with Crippen molar-refractivity contribution in [1.82, 2.24) is 0 Å². The number of nitrogens with one attached hydrogen (secondary N) is 2. The zero-order chi connectivity index (χ0) is 11.4. The highest BCUT2D eigenvalue weighted by molar-refractivity contribution is 7.78. The minimum absolute atomic E-state index is 1.37. The third-order valence-corrected chi connectivity index (χ3v) is 1.43. The van der Waals surface area contributed by atoms with E-state index in [1.165, 1.54) is 11.1 Å². The summed E-state index contributed by atoms with van der Waals surface area (Å²) >= 11 is 7.62. The first-order chi connectivity index (χ1) is 6.63. The minimum atomic E-state index is 1.37. The maximum atomic E-state index is 5.77. The van der Waals surface area contributed by atoms with Crippen molar-refractivity contribution in [2.45, 2.75) is 13.8 Å². The van der Waals surface area contributed by atoms with Crippen LogP contribution in [0.4, 0.5) is 0 Å². The first kappa shape index (κ1) is 15.3. The first-order valence-electron chi connectivity index (χ1n) is 3.74. The summed E-state index contributed by atoms with van der Waals surface area (Å²) in [5.41, 5.74) is 2.74. The maximum Gasteiger partial charge on any atom is 0.0554 e. The molecule has 14 heavy (non-hydrogen) atoms. The molecule has 0 fully saturated rings. The third kappa shape index (κ3) is 10.8. The van der Waals surface area contributed by atoms with Gasteiger partial charge in [0.05, 0.1) is 10.3 Å². The number of hydrogen-bond acceptors (Lipinski definition) is 4. The highest BCUT2D eigenvalue weighted by atomic mass is 32.1. The molecular weight excluding hydrogens is 212 g/mol. The Balaban J connectivity index is 0. The van der Waals surface area contributed by atoms with Gasteiger partial charge in [-0.25, -0.2) is 10.8 Å². The molecule has 74 valence electrons. The molecule has 2 N–H and O–H groups in total. The average Bonchev–Trinajstić information content (AvgIpc) is 2.13. The van der Waals surface area contributed by atoms with Gasteiger partial charge in [-0.3, -0.25) is 0 Å². The third-order valence-electron chi connectivity index (χ3n) is 1.43. The van der Waals surface area contributed by atoms with Crippen LogP contribution in [0, 0.1) is 24.7 Å². The predicted molar refractivity (Wildman–Crippen MR) is 66.6 cm³/mol. The second-order valence-corrected chi connectivity index (χ2v) is 2.70. The fraction of sp³-hybridized carbons (Fsp3) is 0.200. The Bertz CT molecular complexity index is 290. The normalized spacial score (nSPS) is 6.43. The molecule has 1 aromatic carbocycles. The summed E-state index contributed by atoms with van der Waals surface area (Å²) in [4.78, 5) is 0. The lowest BCUT2D eigenvalue weighted by Crippen LogP contribution is -1.74.